The Morgan fingerprint density at radius 1 is 1.33 bits per heavy atom. The molecule has 0 aromatic rings. The summed E-state index contributed by atoms with van der Waals surface area (Å²) in [4.78, 5) is 0. The minimum atomic E-state index is 0. The Balaban J connectivity index is -0.0000000275. The fraction of sp³-hybridized carbons (Fsp3) is 1.00. The van der Waals surface area contributed by atoms with Crippen LogP contribution in [-0.2, 0) is 0 Å². The molecule has 2 radical (unpaired) electrons. The van der Waals surface area contributed by atoms with Crippen molar-refractivity contribution in [1.82, 2.24) is 0 Å². The van der Waals surface area contributed by atoms with Gasteiger partial charge in [-0.1, -0.05) is 0 Å². The van der Waals surface area contributed by atoms with Crippen LogP contribution in [0.25, 0.3) is 0 Å². The Hall–Kier alpha value is 3.07. The summed E-state index contributed by atoms with van der Waals surface area (Å²) in [5, 5.41) is 0. The van der Waals surface area contributed by atoms with E-state index in [0.29, 0.717) is 13.3 Å². The van der Waals surface area contributed by atoms with Crippen LogP contribution in [0.15, 0.2) is 0 Å². The predicted octanol–water partition coefficient (Wildman–Crippen LogP) is -3.28. The molecule has 42 valence electrons. The fourth-order valence-electron chi connectivity index (χ4n) is 0. The number of rotatable bonds is 0. The van der Waals surface area contributed by atoms with Crippen molar-refractivity contribution < 1.29 is 19.0 Å². The molecule has 0 amide bonds. The van der Waals surface area contributed by atoms with Gasteiger partial charge in [0.25, 0.3) is 0 Å². The van der Waals surface area contributed by atoms with E-state index in [-0.39, 0.29) is 27.3 Å². The van der Waals surface area contributed by atoms with Crippen LogP contribution >= 0.6 is 37.2 Å². The molecule has 6 heavy (non-hydrogen) atoms. The first-order chi connectivity index (χ1) is 2.41. The molecule has 0 aromatic heterocycles. The first-order valence-corrected chi connectivity index (χ1v) is 13.6. The third kappa shape index (κ3) is 27.6. The molecular formula is CH8I3NPb. The third-order valence-corrected chi connectivity index (χ3v) is 0. The Morgan fingerprint density at radius 2 is 1.33 bits per heavy atom. The molecule has 0 aliphatic carbocycles. The van der Waals surface area contributed by atoms with E-state index < -0.39 is 0 Å². The van der Waals surface area contributed by atoms with Gasteiger partial charge in [0.2, 0.25) is 0 Å². The van der Waals surface area contributed by atoms with Crippen LogP contribution < -0.4 is 19.0 Å². The fourth-order valence-corrected chi connectivity index (χ4v) is 0. The summed E-state index contributed by atoms with van der Waals surface area (Å²) in [6, 6.07) is 0. The third-order valence-electron chi connectivity index (χ3n) is 0. The predicted molar refractivity (Wildman–Crippen MR) is 45.4 cm³/mol. The molecule has 0 rings (SSSR count). The zero-order valence-electron chi connectivity index (χ0n) is 3.55. The van der Waals surface area contributed by atoms with Crippen molar-refractivity contribution >= 4 is 64.5 Å². The summed E-state index contributed by atoms with van der Waals surface area (Å²) in [6.07, 6.45) is 0. The summed E-state index contributed by atoms with van der Waals surface area (Å²) in [5.41, 5.74) is 3.25. The molecule has 0 spiro atoms. The number of halogens is 3. The van der Waals surface area contributed by atoms with E-state index in [4.69, 9.17) is 0 Å². The topological polar surface area (TPSA) is 27.6 Å². The van der Waals surface area contributed by atoms with Gasteiger partial charge in [0.05, 0.1) is 7.05 Å². The monoisotopic (exact) mass is 623 g/mol. The summed E-state index contributed by atoms with van der Waals surface area (Å²) >= 11 is 5.30. The van der Waals surface area contributed by atoms with Gasteiger partial charge in [0.15, 0.2) is 0 Å². The summed E-state index contributed by atoms with van der Waals surface area (Å²) < 4.78 is 0. The maximum absolute atomic E-state index is 3.25. The Morgan fingerprint density at radius 3 is 1.33 bits per heavy atom. The van der Waals surface area contributed by atoms with Gasteiger partial charge in [-0.05, 0) is 0 Å². The molecule has 0 bridgehead atoms. The van der Waals surface area contributed by atoms with Crippen molar-refractivity contribution in [3.63, 3.8) is 0 Å². The van der Waals surface area contributed by atoms with Gasteiger partial charge in [-0.3, -0.25) is 0 Å². The van der Waals surface area contributed by atoms with Gasteiger partial charge in [-0.15, -0.1) is 0 Å². The molecule has 0 aliphatic rings. The molecule has 0 aliphatic heterocycles. The van der Waals surface area contributed by atoms with E-state index in [2.05, 4.69) is 43.0 Å². The van der Waals surface area contributed by atoms with E-state index in [1.165, 1.54) is 0 Å². The second-order valence-electron chi connectivity index (χ2n) is 0.0540. The van der Waals surface area contributed by atoms with Crippen LogP contribution in [0.3, 0.4) is 0 Å². The van der Waals surface area contributed by atoms with Crippen molar-refractivity contribution in [2.45, 2.75) is 0 Å². The first kappa shape index (κ1) is 16.0. The molecule has 0 saturated heterocycles. The summed E-state index contributed by atoms with van der Waals surface area (Å²) in [6.45, 7) is 0. The quantitative estimate of drug-likeness (QED) is 0.217. The SMILES string of the molecule is C[NH3+].I[I-]I.[PbH2]. The van der Waals surface area contributed by atoms with Crippen LogP contribution in [0.2, 0.25) is 0 Å². The van der Waals surface area contributed by atoms with Crippen LogP contribution in [-0.4, -0.2) is 34.3 Å². The van der Waals surface area contributed by atoms with Gasteiger partial charge < -0.3 is 5.73 Å². The van der Waals surface area contributed by atoms with E-state index in [1.807, 2.05) is 0 Å². The summed E-state index contributed by atoms with van der Waals surface area (Å²) in [7, 11) is 1.75. The van der Waals surface area contributed by atoms with Gasteiger partial charge >= 0.3 is 77.8 Å². The average Bonchev–Trinajstić information content (AvgIpc) is 1.46. The van der Waals surface area contributed by atoms with Crippen LogP contribution in [0, 0.1) is 0 Å². The zero-order chi connectivity index (χ0) is 4.71. The Kier molecular flexibility index (Phi) is 65.1. The second-order valence-corrected chi connectivity index (χ2v) is 16.3. The molecule has 0 saturated carbocycles. The van der Waals surface area contributed by atoms with E-state index in [0.717, 1.165) is 0 Å². The van der Waals surface area contributed by atoms with Gasteiger partial charge in [-0.2, -0.15) is 0 Å². The molecule has 0 aromatic carbocycles. The first-order valence-electron chi connectivity index (χ1n) is 0.993. The average molecular weight is 622 g/mol. The number of quaternary nitrogens is 1. The molecule has 0 heterocycles. The maximum atomic E-state index is 3.25. The van der Waals surface area contributed by atoms with Crippen molar-refractivity contribution in [3.8, 4) is 0 Å². The van der Waals surface area contributed by atoms with Crippen molar-refractivity contribution in [2.24, 2.45) is 0 Å². The molecule has 1 nitrogen and oxygen atoms in total. The molecule has 3 N–H and O–H groups in total. The van der Waals surface area contributed by atoms with Gasteiger partial charge in [-0.25, -0.2) is 0 Å². The second kappa shape index (κ2) is 24.3. The zero-order valence-corrected chi connectivity index (χ0v) is 15.5. The standard InChI is InChI=1S/CH5N.I3.Pb.2H/c1-2;1-3-2;;;/h2H2,1H3;;;;/q;-1;;;/p+1. The van der Waals surface area contributed by atoms with Crippen LogP contribution in [0.1, 0.15) is 0 Å². The van der Waals surface area contributed by atoms with Crippen LogP contribution in [0.4, 0.5) is 0 Å². The molecular weight excluding hydrogens is 614 g/mol. The molecule has 0 fully saturated rings. The van der Waals surface area contributed by atoms with Crippen molar-refractivity contribution in [1.29, 1.82) is 0 Å². The number of hydrogen-bond donors (Lipinski definition) is 1. The molecule has 0 unspecified atom stereocenters. The van der Waals surface area contributed by atoms with Crippen LogP contribution in [0.5, 0.6) is 0 Å². The number of hydrogen-bond acceptors (Lipinski definition) is 0. The van der Waals surface area contributed by atoms with E-state index in [1.54, 1.807) is 7.05 Å². The van der Waals surface area contributed by atoms with Crippen molar-refractivity contribution in [3.05, 3.63) is 0 Å². The Bertz CT molecular complexity index is 10.8. The molecule has 5 heteroatoms. The summed E-state index contributed by atoms with van der Waals surface area (Å²) in [5.74, 6) is 0. The normalized spacial score (nSPS) is 4.67. The van der Waals surface area contributed by atoms with Crippen molar-refractivity contribution in [2.75, 3.05) is 7.05 Å². The van der Waals surface area contributed by atoms with Gasteiger partial charge in [0, 0.05) is 0 Å². The van der Waals surface area contributed by atoms with Gasteiger partial charge in [0.1, 0.15) is 0 Å². The Labute approximate surface area is 88.4 Å². The minimum absolute atomic E-state index is 0. The van der Waals surface area contributed by atoms with E-state index in [9.17, 15) is 0 Å². The molecule has 0 atom stereocenters. The van der Waals surface area contributed by atoms with E-state index >= 15 is 0 Å².